The summed E-state index contributed by atoms with van der Waals surface area (Å²) in [7, 11) is 0. The molecule has 1 aliphatic heterocycles. The first-order valence-electron chi connectivity index (χ1n) is 8.82. The molecule has 3 heterocycles. The molecule has 7 heteroatoms. The fraction of sp³-hybridized carbons (Fsp3) is 0.368. The third-order valence-electron chi connectivity index (χ3n) is 4.93. The second-order valence-electron chi connectivity index (χ2n) is 6.63. The summed E-state index contributed by atoms with van der Waals surface area (Å²) in [6, 6.07) is 9.77. The van der Waals surface area contributed by atoms with Crippen LogP contribution in [0.2, 0.25) is 0 Å². The van der Waals surface area contributed by atoms with Crippen molar-refractivity contribution in [2.24, 2.45) is 0 Å². The van der Waals surface area contributed by atoms with Crippen molar-refractivity contribution in [2.75, 3.05) is 6.54 Å². The van der Waals surface area contributed by atoms with E-state index in [1.807, 2.05) is 49.1 Å². The molecule has 0 aliphatic carbocycles. The number of aromatic amines is 1. The second kappa shape index (κ2) is 6.74. The van der Waals surface area contributed by atoms with E-state index in [1.54, 1.807) is 0 Å². The Morgan fingerprint density at radius 1 is 1.31 bits per heavy atom. The van der Waals surface area contributed by atoms with Crippen LogP contribution in [0.1, 0.15) is 41.7 Å². The lowest BCUT2D eigenvalue weighted by Crippen LogP contribution is -2.32. The molecule has 1 aliphatic rings. The van der Waals surface area contributed by atoms with E-state index in [9.17, 15) is 4.79 Å². The molecule has 1 N–H and O–H groups in total. The number of nitrogens with zero attached hydrogens (tertiary/aromatic N) is 4. The summed E-state index contributed by atoms with van der Waals surface area (Å²) in [6.45, 7) is 4.43. The molecule has 1 fully saturated rings. The van der Waals surface area contributed by atoms with Gasteiger partial charge < -0.3 is 9.42 Å². The molecule has 3 aromatic rings. The van der Waals surface area contributed by atoms with Crippen LogP contribution in [0.5, 0.6) is 0 Å². The molecule has 1 amide bonds. The highest BCUT2D eigenvalue weighted by Gasteiger charge is 2.33. The summed E-state index contributed by atoms with van der Waals surface area (Å²) >= 11 is 0. The zero-order chi connectivity index (χ0) is 18.1. The largest absolute Gasteiger partial charge is 0.361 e. The average molecular weight is 351 g/mol. The van der Waals surface area contributed by atoms with Gasteiger partial charge in [0.1, 0.15) is 11.6 Å². The van der Waals surface area contributed by atoms with Gasteiger partial charge in [0.15, 0.2) is 5.82 Å². The van der Waals surface area contributed by atoms with E-state index in [0.29, 0.717) is 18.0 Å². The van der Waals surface area contributed by atoms with Crippen LogP contribution in [-0.4, -0.2) is 37.7 Å². The Kier molecular flexibility index (Phi) is 4.28. The van der Waals surface area contributed by atoms with Crippen molar-refractivity contribution in [3.63, 3.8) is 0 Å². The fourth-order valence-electron chi connectivity index (χ4n) is 3.50. The summed E-state index contributed by atoms with van der Waals surface area (Å²) in [5, 5.41) is 11.3. The number of nitrogens with one attached hydrogen (secondary N) is 1. The van der Waals surface area contributed by atoms with Gasteiger partial charge in [-0.3, -0.25) is 9.89 Å². The van der Waals surface area contributed by atoms with Crippen LogP contribution in [0.4, 0.5) is 0 Å². The Labute approximate surface area is 151 Å². The number of hydrogen-bond donors (Lipinski definition) is 1. The minimum atomic E-state index is -0.0621. The van der Waals surface area contributed by atoms with Gasteiger partial charge in [-0.1, -0.05) is 35.5 Å². The molecular weight excluding hydrogens is 330 g/mol. The monoisotopic (exact) mass is 351 g/mol. The fourth-order valence-corrected chi connectivity index (χ4v) is 3.50. The van der Waals surface area contributed by atoms with Crippen LogP contribution in [0.25, 0.3) is 11.4 Å². The van der Waals surface area contributed by atoms with Crippen molar-refractivity contribution in [1.29, 1.82) is 0 Å². The second-order valence-corrected chi connectivity index (χ2v) is 6.63. The normalized spacial score (nSPS) is 17.0. The maximum Gasteiger partial charge on any atom is 0.227 e. The van der Waals surface area contributed by atoms with Gasteiger partial charge in [0.2, 0.25) is 5.91 Å². The highest BCUT2D eigenvalue weighted by Crippen LogP contribution is 2.31. The number of benzene rings is 1. The van der Waals surface area contributed by atoms with Crippen LogP contribution in [0.3, 0.4) is 0 Å². The zero-order valence-electron chi connectivity index (χ0n) is 14.9. The number of aryl methyl sites for hydroxylation is 2. The molecule has 4 rings (SSSR count). The third kappa shape index (κ3) is 3.00. The Morgan fingerprint density at radius 2 is 2.12 bits per heavy atom. The predicted octanol–water partition coefficient (Wildman–Crippen LogP) is 2.98. The van der Waals surface area contributed by atoms with Gasteiger partial charge in [0.05, 0.1) is 18.2 Å². The summed E-state index contributed by atoms with van der Waals surface area (Å²) in [6.07, 6.45) is 2.15. The molecule has 0 spiro atoms. The van der Waals surface area contributed by atoms with Crippen molar-refractivity contribution in [3.8, 4) is 11.4 Å². The number of carbonyl (C=O) groups is 1. The van der Waals surface area contributed by atoms with Crippen molar-refractivity contribution in [3.05, 3.63) is 53.2 Å². The number of H-pyrrole nitrogens is 1. The number of amides is 1. The van der Waals surface area contributed by atoms with Crippen molar-refractivity contribution in [1.82, 2.24) is 25.2 Å². The summed E-state index contributed by atoms with van der Waals surface area (Å²) in [4.78, 5) is 19.4. The van der Waals surface area contributed by atoms with Crippen LogP contribution in [-0.2, 0) is 11.2 Å². The van der Waals surface area contributed by atoms with E-state index in [-0.39, 0.29) is 11.9 Å². The molecule has 0 radical (unpaired) electrons. The van der Waals surface area contributed by atoms with Crippen molar-refractivity contribution >= 4 is 5.91 Å². The highest BCUT2D eigenvalue weighted by molar-refractivity contribution is 5.80. The van der Waals surface area contributed by atoms with Gasteiger partial charge in [-0.05, 0) is 26.7 Å². The topological polar surface area (TPSA) is 87.9 Å². The molecule has 0 bridgehead atoms. The van der Waals surface area contributed by atoms with Gasteiger partial charge >= 0.3 is 0 Å². The summed E-state index contributed by atoms with van der Waals surface area (Å²) < 4.78 is 5.17. The van der Waals surface area contributed by atoms with Gasteiger partial charge in [-0.25, -0.2) is 4.98 Å². The molecule has 26 heavy (non-hydrogen) atoms. The maximum absolute atomic E-state index is 12.9. The highest BCUT2D eigenvalue weighted by atomic mass is 16.5. The Balaban J connectivity index is 1.53. The molecule has 1 atom stereocenters. The zero-order valence-corrected chi connectivity index (χ0v) is 14.9. The van der Waals surface area contributed by atoms with E-state index in [1.165, 1.54) is 0 Å². The Hall–Kier alpha value is -2.96. The quantitative estimate of drug-likeness (QED) is 0.781. The van der Waals surface area contributed by atoms with Crippen molar-refractivity contribution < 1.29 is 9.32 Å². The number of aromatic nitrogens is 4. The molecule has 1 aromatic carbocycles. The lowest BCUT2D eigenvalue weighted by molar-refractivity contribution is -0.131. The van der Waals surface area contributed by atoms with Gasteiger partial charge in [-0.15, -0.1) is 0 Å². The minimum Gasteiger partial charge on any atom is -0.361 e. The van der Waals surface area contributed by atoms with E-state index >= 15 is 0 Å². The molecule has 2 aromatic heterocycles. The van der Waals surface area contributed by atoms with Gasteiger partial charge in [0, 0.05) is 17.7 Å². The van der Waals surface area contributed by atoms with Crippen LogP contribution in [0, 0.1) is 13.8 Å². The molecule has 0 saturated carbocycles. The third-order valence-corrected chi connectivity index (χ3v) is 4.93. The lowest BCUT2D eigenvalue weighted by Gasteiger charge is -2.22. The number of carbonyl (C=O) groups excluding carboxylic acids is 1. The molecule has 1 unspecified atom stereocenters. The van der Waals surface area contributed by atoms with Crippen molar-refractivity contribution in [2.45, 2.75) is 39.2 Å². The van der Waals surface area contributed by atoms with Crippen LogP contribution >= 0.6 is 0 Å². The van der Waals surface area contributed by atoms with E-state index in [0.717, 1.165) is 42.0 Å². The van der Waals surface area contributed by atoms with E-state index in [2.05, 4.69) is 20.3 Å². The first kappa shape index (κ1) is 16.5. The first-order chi connectivity index (χ1) is 12.6. The lowest BCUT2D eigenvalue weighted by atomic mass is 10.1. The summed E-state index contributed by atoms with van der Waals surface area (Å²) in [5.41, 5.74) is 2.61. The van der Waals surface area contributed by atoms with Gasteiger partial charge in [-0.2, -0.15) is 5.10 Å². The maximum atomic E-state index is 12.9. The SMILES string of the molecule is Cc1noc(C)c1CC(=O)N1CCCC1c1nc(-c2ccccc2)n[nH]1. The number of hydrogen-bond acceptors (Lipinski definition) is 5. The van der Waals surface area contributed by atoms with Crippen LogP contribution < -0.4 is 0 Å². The molecule has 1 saturated heterocycles. The molecular formula is C19H21N5O2. The minimum absolute atomic E-state index is 0.0621. The predicted molar refractivity (Wildman–Crippen MR) is 95.2 cm³/mol. The Bertz CT molecular complexity index is 896. The number of rotatable bonds is 4. The van der Waals surface area contributed by atoms with E-state index < -0.39 is 0 Å². The standard InChI is InChI=1S/C19H21N5O2/c1-12-15(13(2)26-23-12)11-17(25)24-10-6-9-16(24)19-20-18(21-22-19)14-7-4-3-5-8-14/h3-5,7-8,16H,6,9-11H2,1-2H3,(H,20,21,22). The smallest absolute Gasteiger partial charge is 0.227 e. The molecule has 134 valence electrons. The average Bonchev–Trinajstić information content (AvgIpc) is 3.38. The first-order valence-corrected chi connectivity index (χ1v) is 8.82. The summed E-state index contributed by atoms with van der Waals surface area (Å²) in [5.74, 6) is 2.18. The van der Waals surface area contributed by atoms with E-state index in [4.69, 9.17) is 4.52 Å². The Morgan fingerprint density at radius 3 is 2.85 bits per heavy atom. The van der Waals surface area contributed by atoms with Gasteiger partial charge in [0.25, 0.3) is 0 Å². The van der Waals surface area contributed by atoms with Crippen LogP contribution in [0.15, 0.2) is 34.9 Å². The number of likely N-dealkylation sites (tertiary alicyclic amines) is 1. The molecule has 7 nitrogen and oxygen atoms in total.